The average molecular weight is 186 g/mol. The third kappa shape index (κ3) is 2.79. The Morgan fingerprint density at radius 2 is 2.15 bits per heavy atom. The number of hydrogen-bond donors (Lipinski definition) is 1. The second-order valence-electron chi connectivity index (χ2n) is 3.74. The summed E-state index contributed by atoms with van der Waals surface area (Å²) in [5, 5.41) is 8.69. The Labute approximate surface area is 79.3 Å². The summed E-state index contributed by atoms with van der Waals surface area (Å²) in [6, 6.07) is 0. The van der Waals surface area contributed by atoms with E-state index >= 15 is 0 Å². The van der Waals surface area contributed by atoms with E-state index in [0.29, 0.717) is 0 Å². The maximum atomic E-state index is 8.69. The summed E-state index contributed by atoms with van der Waals surface area (Å²) in [7, 11) is 0. The number of rotatable bonds is 4. The summed E-state index contributed by atoms with van der Waals surface area (Å²) in [4.78, 5) is 0. The number of aliphatic hydroxyl groups excluding tert-OH is 1. The molecule has 0 amide bonds. The largest absolute Gasteiger partial charge is 0.396 e. The van der Waals surface area contributed by atoms with Crippen molar-refractivity contribution in [2.24, 2.45) is 0 Å². The summed E-state index contributed by atoms with van der Waals surface area (Å²) in [5.41, 5.74) is 0. The third-order valence-corrected chi connectivity index (χ3v) is 2.10. The van der Waals surface area contributed by atoms with E-state index in [-0.39, 0.29) is 18.8 Å². The zero-order valence-corrected chi connectivity index (χ0v) is 8.32. The molecular formula is C10H18O3. The lowest BCUT2D eigenvalue weighted by Crippen LogP contribution is -2.21. The quantitative estimate of drug-likeness (QED) is 0.676. The van der Waals surface area contributed by atoms with E-state index in [0.717, 1.165) is 12.8 Å². The second-order valence-corrected chi connectivity index (χ2v) is 3.74. The minimum absolute atomic E-state index is 0.0402. The van der Waals surface area contributed by atoms with E-state index in [1.165, 1.54) is 0 Å². The average Bonchev–Trinajstić information content (AvgIpc) is 2.37. The van der Waals surface area contributed by atoms with Crippen LogP contribution in [0.1, 0.15) is 26.7 Å². The van der Waals surface area contributed by atoms with Gasteiger partial charge in [0, 0.05) is 6.61 Å². The Bertz CT molecular complexity index is 177. The van der Waals surface area contributed by atoms with Crippen LogP contribution in [-0.2, 0) is 9.47 Å². The first-order valence-corrected chi connectivity index (χ1v) is 4.68. The second kappa shape index (κ2) is 4.22. The standard InChI is InChI=1S/C10H18O3/c1-4-8-9(6-5-7-11)13-10(2,3)12-8/h4,8-9,11H,1,5-7H2,2-3H3/t8-,9+/m1/s1. The van der Waals surface area contributed by atoms with Gasteiger partial charge in [0.05, 0.1) is 6.10 Å². The highest BCUT2D eigenvalue weighted by Crippen LogP contribution is 2.30. The maximum absolute atomic E-state index is 8.69. The lowest BCUT2D eigenvalue weighted by Gasteiger charge is -2.16. The molecule has 0 spiro atoms. The van der Waals surface area contributed by atoms with E-state index < -0.39 is 5.79 Å². The highest BCUT2D eigenvalue weighted by atomic mass is 16.7. The topological polar surface area (TPSA) is 38.7 Å². The van der Waals surface area contributed by atoms with Gasteiger partial charge in [-0.05, 0) is 26.7 Å². The molecule has 1 N–H and O–H groups in total. The first-order chi connectivity index (χ1) is 6.09. The molecule has 0 aromatic carbocycles. The predicted octanol–water partition coefficient (Wildman–Crippen LogP) is 1.46. The van der Waals surface area contributed by atoms with Crippen LogP contribution in [0.15, 0.2) is 12.7 Å². The summed E-state index contributed by atoms with van der Waals surface area (Å²) in [5.74, 6) is -0.515. The molecule has 0 unspecified atom stereocenters. The van der Waals surface area contributed by atoms with Crippen LogP contribution in [0.2, 0.25) is 0 Å². The van der Waals surface area contributed by atoms with Crippen LogP contribution in [0.3, 0.4) is 0 Å². The van der Waals surface area contributed by atoms with Crippen molar-refractivity contribution in [3.8, 4) is 0 Å². The third-order valence-electron chi connectivity index (χ3n) is 2.10. The van der Waals surface area contributed by atoms with Crippen molar-refractivity contribution >= 4 is 0 Å². The van der Waals surface area contributed by atoms with Gasteiger partial charge in [0.25, 0.3) is 0 Å². The fourth-order valence-electron chi connectivity index (χ4n) is 1.58. The first kappa shape index (κ1) is 10.7. The Kier molecular flexibility index (Phi) is 3.47. The molecule has 3 nitrogen and oxygen atoms in total. The lowest BCUT2D eigenvalue weighted by atomic mass is 10.1. The van der Waals surface area contributed by atoms with Gasteiger partial charge in [-0.3, -0.25) is 0 Å². The van der Waals surface area contributed by atoms with Gasteiger partial charge in [0.2, 0.25) is 0 Å². The van der Waals surface area contributed by atoms with Crippen molar-refractivity contribution in [1.29, 1.82) is 0 Å². The molecule has 1 heterocycles. The highest BCUT2D eigenvalue weighted by Gasteiger charge is 2.38. The molecule has 0 bridgehead atoms. The van der Waals surface area contributed by atoms with E-state index in [1.54, 1.807) is 6.08 Å². The van der Waals surface area contributed by atoms with Crippen LogP contribution in [0.4, 0.5) is 0 Å². The summed E-state index contributed by atoms with van der Waals surface area (Å²) < 4.78 is 11.2. The zero-order chi connectivity index (χ0) is 9.90. The molecule has 0 aromatic rings. The van der Waals surface area contributed by atoms with E-state index in [2.05, 4.69) is 6.58 Å². The van der Waals surface area contributed by atoms with Crippen LogP contribution >= 0.6 is 0 Å². The van der Waals surface area contributed by atoms with Gasteiger partial charge in [-0.1, -0.05) is 6.08 Å². The van der Waals surface area contributed by atoms with Crippen LogP contribution < -0.4 is 0 Å². The molecule has 1 aliphatic heterocycles. The summed E-state index contributed by atoms with van der Waals surface area (Å²) in [6.07, 6.45) is 3.32. The number of aliphatic hydroxyl groups is 1. The van der Waals surface area contributed by atoms with Gasteiger partial charge < -0.3 is 14.6 Å². The van der Waals surface area contributed by atoms with Crippen LogP contribution in [0.5, 0.6) is 0 Å². The fourth-order valence-corrected chi connectivity index (χ4v) is 1.58. The minimum Gasteiger partial charge on any atom is -0.396 e. The van der Waals surface area contributed by atoms with Gasteiger partial charge in [-0.15, -0.1) is 6.58 Å². The molecule has 76 valence electrons. The lowest BCUT2D eigenvalue weighted by molar-refractivity contribution is -0.143. The van der Waals surface area contributed by atoms with Gasteiger partial charge in [-0.2, -0.15) is 0 Å². The maximum Gasteiger partial charge on any atom is 0.164 e. The highest BCUT2D eigenvalue weighted by molar-refractivity contribution is 4.92. The number of hydrogen-bond acceptors (Lipinski definition) is 3. The molecule has 0 radical (unpaired) electrons. The molecule has 3 heteroatoms. The Balaban J connectivity index is 2.48. The van der Waals surface area contributed by atoms with Gasteiger partial charge >= 0.3 is 0 Å². The van der Waals surface area contributed by atoms with Gasteiger partial charge in [0.15, 0.2) is 5.79 Å². The Morgan fingerprint density at radius 1 is 1.46 bits per heavy atom. The molecule has 13 heavy (non-hydrogen) atoms. The van der Waals surface area contributed by atoms with Crippen molar-refractivity contribution in [2.45, 2.75) is 44.7 Å². The summed E-state index contributed by atoms with van der Waals surface area (Å²) >= 11 is 0. The van der Waals surface area contributed by atoms with E-state index in [9.17, 15) is 0 Å². The van der Waals surface area contributed by atoms with Crippen LogP contribution in [0.25, 0.3) is 0 Å². The van der Waals surface area contributed by atoms with Crippen molar-refractivity contribution in [1.82, 2.24) is 0 Å². The van der Waals surface area contributed by atoms with Crippen molar-refractivity contribution in [3.05, 3.63) is 12.7 Å². The molecule has 1 saturated heterocycles. The van der Waals surface area contributed by atoms with Crippen molar-refractivity contribution in [3.63, 3.8) is 0 Å². The molecule has 0 aromatic heterocycles. The van der Waals surface area contributed by atoms with Crippen LogP contribution in [0, 0.1) is 0 Å². The molecule has 2 atom stereocenters. The Hall–Kier alpha value is -0.380. The van der Waals surface area contributed by atoms with E-state index in [1.807, 2.05) is 13.8 Å². The van der Waals surface area contributed by atoms with Crippen molar-refractivity contribution in [2.75, 3.05) is 6.61 Å². The SMILES string of the molecule is C=C[C@H]1OC(C)(C)O[C@H]1CCCO. The van der Waals surface area contributed by atoms with Gasteiger partial charge in [-0.25, -0.2) is 0 Å². The zero-order valence-electron chi connectivity index (χ0n) is 8.32. The van der Waals surface area contributed by atoms with E-state index in [4.69, 9.17) is 14.6 Å². The molecule has 0 saturated carbocycles. The number of ether oxygens (including phenoxy) is 2. The monoisotopic (exact) mass is 186 g/mol. The molecular weight excluding hydrogens is 168 g/mol. The van der Waals surface area contributed by atoms with Crippen LogP contribution in [-0.4, -0.2) is 29.7 Å². The molecule has 0 aliphatic carbocycles. The van der Waals surface area contributed by atoms with Gasteiger partial charge in [0.1, 0.15) is 6.10 Å². The van der Waals surface area contributed by atoms with Crippen molar-refractivity contribution < 1.29 is 14.6 Å². The minimum atomic E-state index is -0.515. The summed E-state index contributed by atoms with van der Waals surface area (Å²) in [6.45, 7) is 7.68. The Morgan fingerprint density at radius 3 is 2.69 bits per heavy atom. The smallest absolute Gasteiger partial charge is 0.164 e. The fraction of sp³-hybridized carbons (Fsp3) is 0.800. The normalized spacial score (nSPS) is 31.9. The molecule has 1 aliphatic rings. The first-order valence-electron chi connectivity index (χ1n) is 4.68. The molecule has 1 fully saturated rings. The predicted molar refractivity (Wildman–Crippen MR) is 50.3 cm³/mol. The molecule has 1 rings (SSSR count).